The second-order valence-corrected chi connectivity index (χ2v) is 10.1. The fourth-order valence-electron chi connectivity index (χ4n) is 4.00. The van der Waals surface area contributed by atoms with E-state index in [1.54, 1.807) is 6.20 Å². The van der Waals surface area contributed by atoms with Gasteiger partial charge in [0.1, 0.15) is 11.6 Å². The number of carbonyl (C=O) groups is 2. The molecule has 35 heavy (non-hydrogen) atoms. The van der Waals surface area contributed by atoms with Gasteiger partial charge < -0.3 is 19.9 Å². The Balaban J connectivity index is 1.35. The largest absolute Gasteiger partial charge is 0.493 e. The topological polar surface area (TPSA) is 119 Å². The standard InChI is InChI=1S/C26H29N5O4/c1-26(2,3)25-30-22(31-35-25)24(33)28-19-5-4-12-34-20-13-16(8-9-18(19)20)17-10-11-27-21(14-17)29-23(32)15-6-7-15/h8-11,13-15,19H,4-7,12H2,1-3H3,(H,28,33)(H,27,29,32)/t19-/m1/s1. The highest BCUT2D eigenvalue weighted by Crippen LogP contribution is 2.36. The maximum absolute atomic E-state index is 12.9. The van der Waals surface area contributed by atoms with Crippen molar-refractivity contribution < 1.29 is 18.8 Å². The molecule has 2 N–H and O–H groups in total. The first-order chi connectivity index (χ1) is 16.8. The van der Waals surface area contributed by atoms with Gasteiger partial charge >= 0.3 is 0 Å². The number of fused-ring (bicyclic) bond motifs is 1. The normalized spacial score (nSPS) is 17.6. The number of carbonyl (C=O) groups excluding carboxylic acids is 2. The van der Waals surface area contributed by atoms with Gasteiger partial charge in [0.25, 0.3) is 11.7 Å². The number of hydrogen-bond acceptors (Lipinski definition) is 7. The van der Waals surface area contributed by atoms with Crippen molar-refractivity contribution in [3.63, 3.8) is 0 Å². The van der Waals surface area contributed by atoms with Gasteiger partial charge in [-0.15, -0.1) is 0 Å². The molecule has 2 aliphatic rings. The molecule has 9 heteroatoms. The molecular formula is C26H29N5O4. The molecular weight excluding hydrogens is 446 g/mol. The minimum atomic E-state index is -0.378. The summed E-state index contributed by atoms with van der Waals surface area (Å²) in [7, 11) is 0. The van der Waals surface area contributed by atoms with Crippen LogP contribution in [0.1, 0.15) is 74.6 Å². The summed E-state index contributed by atoms with van der Waals surface area (Å²) in [4.78, 5) is 33.5. The first-order valence-corrected chi connectivity index (χ1v) is 12.0. The second-order valence-electron chi connectivity index (χ2n) is 10.1. The van der Waals surface area contributed by atoms with E-state index in [1.165, 1.54) is 0 Å². The van der Waals surface area contributed by atoms with Crippen LogP contribution in [0.15, 0.2) is 41.1 Å². The van der Waals surface area contributed by atoms with Crippen molar-refractivity contribution in [1.82, 2.24) is 20.4 Å². The van der Waals surface area contributed by atoms with E-state index in [4.69, 9.17) is 9.26 Å². The van der Waals surface area contributed by atoms with Gasteiger partial charge in [0, 0.05) is 23.1 Å². The molecule has 0 saturated heterocycles. The Bertz CT molecular complexity index is 1260. The molecule has 0 unspecified atom stereocenters. The van der Waals surface area contributed by atoms with Crippen LogP contribution in [0, 0.1) is 5.92 Å². The van der Waals surface area contributed by atoms with Gasteiger partial charge in [0.05, 0.1) is 12.6 Å². The van der Waals surface area contributed by atoms with E-state index in [1.807, 2.05) is 51.1 Å². The highest BCUT2D eigenvalue weighted by Gasteiger charge is 2.30. The first kappa shape index (κ1) is 23.0. The number of nitrogens with one attached hydrogen (secondary N) is 2. The number of nitrogens with zero attached hydrogens (tertiary/aromatic N) is 3. The fraction of sp³-hybridized carbons (Fsp3) is 0.423. The Hall–Kier alpha value is -3.75. The van der Waals surface area contributed by atoms with Gasteiger partial charge in [0.2, 0.25) is 11.8 Å². The van der Waals surface area contributed by atoms with E-state index in [0.717, 1.165) is 42.4 Å². The van der Waals surface area contributed by atoms with Crippen LogP contribution >= 0.6 is 0 Å². The molecule has 1 fully saturated rings. The third-order valence-corrected chi connectivity index (χ3v) is 6.15. The average Bonchev–Trinajstić information content (AvgIpc) is 3.59. The number of amides is 2. The maximum atomic E-state index is 12.9. The maximum Gasteiger partial charge on any atom is 0.293 e. The highest BCUT2D eigenvalue weighted by atomic mass is 16.5. The summed E-state index contributed by atoms with van der Waals surface area (Å²) in [6, 6.07) is 9.44. The summed E-state index contributed by atoms with van der Waals surface area (Å²) in [5.41, 5.74) is 2.42. The van der Waals surface area contributed by atoms with Crippen LogP contribution in [-0.2, 0) is 10.2 Å². The summed E-state index contributed by atoms with van der Waals surface area (Å²) < 4.78 is 11.3. The lowest BCUT2D eigenvalue weighted by Crippen LogP contribution is -2.29. The fourth-order valence-corrected chi connectivity index (χ4v) is 4.00. The monoisotopic (exact) mass is 475 g/mol. The smallest absolute Gasteiger partial charge is 0.293 e. The molecule has 1 saturated carbocycles. The van der Waals surface area contributed by atoms with E-state index in [2.05, 4.69) is 25.8 Å². The Labute approximate surface area is 203 Å². The molecule has 1 aromatic carbocycles. The molecule has 1 aliphatic carbocycles. The number of ether oxygens (including phenoxy) is 1. The lowest BCUT2D eigenvalue weighted by molar-refractivity contribution is -0.117. The van der Waals surface area contributed by atoms with Crippen molar-refractivity contribution >= 4 is 17.6 Å². The third-order valence-electron chi connectivity index (χ3n) is 6.15. The van der Waals surface area contributed by atoms with E-state index in [0.29, 0.717) is 24.1 Å². The summed E-state index contributed by atoms with van der Waals surface area (Å²) in [5, 5.41) is 9.79. The first-order valence-electron chi connectivity index (χ1n) is 12.0. The van der Waals surface area contributed by atoms with Crippen molar-refractivity contribution in [3.8, 4) is 16.9 Å². The molecule has 0 bridgehead atoms. The lowest BCUT2D eigenvalue weighted by atomic mass is 9.97. The van der Waals surface area contributed by atoms with Gasteiger partial charge in [-0.2, -0.15) is 4.98 Å². The Kier molecular flexibility index (Phi) is 6.00. The Morgan fingerprint density at radius 1 is 1.06 bits per heavy atom. The Morgan fingerprint density at radius 3 is 2.60 bits per heavy atom. The minimum absolute atomic E-state index is 0.0229. The summed E-state index contributed by atoms with van der Waals surface area (Å²) in [6.45, 7) is 6.40. The average molecular weight is 476 g/mol. The van der Waals surface area contributed by atoms with Crippen LogP contribution in [0.25, 0.3) is 11.1 Å². The molecule has 182 valence electrons. The highest BCUT2D eigenvalue weighted by molar-refractivity contribution is 5.93. The van der Waals surface area contributed by atoms with Crippen molar-refractivity contribution in [2.75, 3.05) is 11.9 Å². The van der Waals surface area contributed by atoms with Crippen LogP contribution in [0.2, 0.25) is 0 Å². The third kappa shape index (κ3) is 5.18. The molecule has 1 atom stereocenters. The van der Waals surface area contributed by atoms with Gasteiger partial charge in [0.15, 0.2) is 0 Å². The van der Waals surface area contributed by atoms with Gasteiger partial charge in [-0.1, -0.05) is 38.1 Å². The molecule has 3 heterocycles. The van der Waals surface area contributed by atoms with Crippen LogP contribution in [0.4, 0.5) is 5.82 Å². The molecule has 2 amide bonds. The molecule has 9 nitrogen and oxygen atoms in total. The zero-order chi connectivity index (χ0) is 24.6. The van der Waals surface area contributed by atoms with E-state index >= 15 is 0 Å². The zero-order valence-electron chi connectivity index (χ0n) is 20.1. The lowest BCUT2D eigenvalue weighted by Gasteiger charge is -2.18. The number of anilines is 1. The van der Waals surface area contributed by atoms with Crippen molar-refractivity contribution in [1.29, 1.82) is 0 Å². The van der Waals surface area contributed by atoms with Crippen LogP contribution < -0.4 is 15.4 Å². The van der Waals surface area contributed by atoms with Crippen molar-refractivity contribution in [2.45, 2.75) is 57.9 Å². The number of rotatable bonds is 5. The number of benzene rings is 1. The predicted molar refractivity (Wildman–Crippen MR) is 129 cm³/mol. The predicted octanol–water partition coefficient (Wildman–Crippen LogP) is 4.42. The van der Waals surface area contributed by atoms with Gasteiger partial charge in [-0.3, -0.25) is 9.59 Å². The van der Waals surface area contributed by atoms with E-state index in [-0.39, 0.29) is 35.0 Å². The number of pyridine rings is 1. The molecule has 0 radical (unpaired) electrons. The van der Waals surface area contributed by atoms with Crippen molar-refractivity contribution in [2.24, 2.45) is 5.92 Å². The van der Waals surface area contributed by atoms with E-state index < -0.39 is 0 Å². The Morgan fingerprint density at radius 2 is 1.86 bits per heavy atom. The van der Waals surface area contributed by atoms with Crippen LogP contribution in [0.5, 0.6) is 5.75 Å². The quantitative estimate of drug-likeness (QED) is 0.560. The minimum Gasteiger partial charge on any atom is -0.493 e. The molecule has 0 spiro atoms. The molecule has 1 aliphatic heterocycles. The van der Waals surface area contributed by atoms with Gasteiger partial charge in [-0.25, -0.2) is 4.98 Å². The summed E-state index contributed by atoms with van der Waals surface area (Å²) >= 11 is 0. The van der Waals surface area contributed by atoms with E-state index in [9.17, 15) is 9.59 Å². The van der Waals surface area contributed by atoms with Crippen molar-refractivity contribution in [3.05, 3.63) is 53.8 Å². The van der Waals surface area contributed by atoms with Crippen LogP contribution in [-0.4, -0.2) is 33.5 Å². The molecule has 5 rings (SSSR count). The van der Waals surface area contributed by atoms with Crippen LogP contribution in [0.3, 0.4) is 0 Å². The SMILES string of the molecule is CC(C)(C)c1nc(C(=O)N[C@@H]2CCCOc3cc(-c4ccnc(NC(=O)C5CC5)c4)ccc32)no1. The zero-order valence-corrected chi connectivity index (χ0v) is 20.1. The molecule has 2 aromatic heterocycles. The molecule has 3 aromatic rings. The summed E-state index contributed by atoms with van der Waals surface area (Å²) in [5.74, 6) is 1.45. The second kappa shape index (κ2) is 9.13. The number of hydrogen-bond donors (Lipinski definition) is 2. The summed E-state index contributed by atoms with van der Waals surface area (Å²) in [6.07, 6.45) is 5.09. The number of aromatic nitrogens is 3. The van der Waals surface area contributed by atoms with Gasteiger partial charge in [-0.05, 0) is 55.0 Å².